The molecule has 9 heteroatoms. The van der Waals surface area contributed by atoms with Crippen LogP contribution in [0.15, 0.2) is 30.3 Å². The van der Waals surface area contributed by atoms with Crippen LogP contribution in [0.25, 0.3) is 10.8 Å². The lowest BCUT2D eigenvalue weighted by atomic mass is 9.88. The Morgan fingerprint density at radius 3 is 2.86 bits per heavy atom. The zero-order valence-corrected chi connectivity index (χ0v) is 24.8. The molecule has 2 aromatic carbocycles. The minimum Gasteiger partial charge on any atom is -0.508 e. The van der Waals surface area contributed by atoms with Gasteiger partial charge in [0.05, 0.1) is 35.6 Å². The van der Waals surface area contributed by atoms with Gasteiger partial charge in [0.15, 0.2) is 0 Å². The van der Waals surface area contributed by atoms with Crippen LogP contribution >= 0.6 is 11.6 Å². The molecule has 4 atom stereocenters. The fraction of sp³-hybridized carbons (Fsp3) is 0.576. The van der Waals surface area contributed by atoms with Crippen molar-refractivity contribution in [3.05, 3.63) is 52.4 Å². The first kappa shape index (κ1) is 25.8. The number of nitrogens with one attached hydrogen (secondary N) is 1. The number of aromatic nitrogens is 2. The second-order valence-corrected chi connectivity index (χ2v) is 13.9. The predicted molar refractivity (Wildman–Crippen MR) is 165 cm³/mol. The van der Waals surface area contributed by atoms with Crippen molar-refractivity contribution in [2.24, 2.45) is 0 Å². The van der Waals surface area contributed by atoms with E-state index in [4.69, 9.17) is 26.3 Å². The summed E-state index contributed by atoms with van der Waals surface area (Å²) in [7, 11) is 0. The molecule has 6 aliphatic rings. The van der Waals surface area contributed by atoms with E-state index in [0.29, 0.717) is 42.3 Å². The average molecular weight is 587 g/mol. The lowest BCUT2D eigenvalue weighted by Gasteiger charge is -2.41. The Kier molecular flexibility index (Phi) is 5.95. The van der Waals surface area contributed by atoms with Crippen LogP contribution in [0.1, 0.15) is 68.1 Å². The number of ether oxygens (including phenoxy) is 1. The van der Waals surface area contributed by atoms with Gasteiger partial charge in [0.25, 0.3) is 0 Å². The first-order chi connectivity index (χ1) is 20.5. The van der Waals surface area contributed by atoms with Crippen molar-refractivity contribution in [2.75, 3.05) is 42.6 Å². The summed E-state index contributed by atoms with van der Waals surface area (Å²) in [6, 6.07) is 10.7. The lowest BCUT2D eigenvalue weighted by molar-refractivity contribution is 0.0415. The highest BCUT2D eigenvalue weighted by Gasteiger charge is 2.47. The molecule has 3 aromatic rings. The van der Waals surface area contributed by atoms with Gasteiger partial charge >= 0.3 is 0 Å². The number of fused-ring (bicyclic) bond motifs is 7. The number of piperazine rings is 1. The summed E-state index contributed by atoms with van der Waals surface area (Å²) >= 11 is 6.78. The Balaban J connectivity index is 1.14. The second-order valence-electron chi connectivity index (χ2n) is 13.5. The number of benzene rings is 2. The van der Waals surface area contributed by atoms with E-state index in [1.807, 2.05) is 24.3 Å². The van der Waals surface area contributed by atoms with E-state index < -0.39 is 0 Å². The summed E-state index contributed by atoms with van der Waals surface area (Å²) in [4.78, 5) is 18.4. The largest absolute Gasteiger partial charge is 0.508 e. The standard InChI is InChI=1S/C33H39ClN6O2/c34-23-5-1-4-20-14-22(41)15-26(30(20)23)38-17-25-31-28(18-38)42-19-27-24-7-6-21(35-24)16-40(27)32(31)37-29(36-25)8-11-33-9-2-12-39(33)13-3-10-33/h1,4-5,14-15,21,24,27-28,35,41H,2-3,6-13,16-19H2. The van der Waals surface area contributed by atoms with Crippen LogP contribution in [0.5, 0.6) is 5.75 Å². The summed E-state index contributed by atoms with van der Waals surface area (Å²) in [5, 5.41) is 17.1. The van der Waals surface area contributed by atoms with E-state index in [9.17, 15) is 5.11 Å². The van der Waals surface area contributed by atoms with E-state index >= 15 is 0 Å². The van der Waals surface area contributed by atoms with E-state index in [2.05, 4.69) is 20.0 Å². The van der Waals surface area contributed by atoms with Crippen molar-refractivity contribution in [3.8, 4) is 5.75 Å². The zero-order valence-electron chi connectivity index (χ0n) is 24.1. The van der Waals surface area contributed by atoms with Gasteiger partial charge in [-0.1, -0.05) is 23.7 Å². The van der Waals surface area contributed by atoms with Gasteiger partial charge < -0.3 is 25.0 Å². The molecule has 9 rings (SSSR count). The molecular formula is C33H39ClN6O2. The van der Waals surface area contributed by atoms with Crippen LogP contribution in [0.3, 0.4) is 0 Å². The zero-order chi connectivity index (χ0) is 28.0. The molecule has 2 bridgehead atoms. The molecule has 4 unspecified atom stereocenters. The summed E-state index contributed by atoms with van der Waals surface area (Å²) in [6.45, 7) is 5.46. The molecule has 2 N–H and O–H groups in total. The van der Waals surface area contributed by atoms with Crippen molar-refractivity contribution in [2.45, 2.75) is 87.7 Å². The normalized spacial score (nSPS) is 29.5. The molecule has 0 saturated carbocycles. The van der Waals surface area contributed by atoms with Crippen LogP contribution in [-0.4, -0.2) is 76.4 Å². The number of hydrogen-bond donors (Lipinski definition) is 2. The molecule has 0 radical (unpaired) electrons. The third-order valence-electron chi connectivity index (χ3n) is 11.3. The van der Waals surface area contributed by atoms with Crippen LogP contribution in [0.4, 0.5) is 11.5 Å². The highest BCUT2D eigenvalue weighted by atomic mass is 35.5. The summed E-state index contributed by atoms with van der Waals surface area (Å²) in [5.41, 5.74) is 3.52. The van der Waals surface area contributed by atoms with Crippen LogP contribution in [0.2, 0.25) is 5.02 Å². The Labute approximate surface area is 252 Å². The molecule has 0 aliphatic carbocycles. The van der Waals surface area contributed by atoms with Gasteiger partial charge in [0.1, 0.15) is 23.5 Å². The summed E-state index contributed by atoms with van der Waals surface area (Å²) in [5.74, 6) is 2.34. The molecule has 8 nitrogen and oxygen atoms in total. The lowest BCUT2D eigenvalue weighted by Crippen LogP contribution is -2.59. The van der Waals surface area contributed by atoms with E-state index in [0.717, 1.165) is 53.2 Å². The van der Waals surface area contributed by atoms with Gasteiger partial charge in [-0.25, -0.2) is 9.97 Å². The first-order valence-electron chi connectivity index (χ1n) is 16.0. The SMILES string of the molecule is Oc1cc(N2Cc3nc(CCC45CCCN4CCC5)nc4c3C(C2)OCC2C3CCC(CN42)N3)c2c(Cl)cccc2c1. The molecule has 1 aromatic heterocycles. The summed E-state index contributed by atoms with van der Waals surface area (Å²) in [6.07, 6.45) is 9.57. The van der Waals surface area contributed by atoms with Gasteiger partial charge in [-0.3, -0.25) is 4.90 Å². The maximum absolute atomic E-state index is 10.7. The fourth-order valence-electron chi connectivity index (χ4n) is 9.31. The second kappa shape index (κ2) is 9.68. The molecule has 0 spiro atoms. The van der Waals surface area contributed by atoms with E-state index in [-0.39, 0.29) is 17.9 Å². The van der Waals surface area contributed by atoms with Crippen molar-refractivity contribution >= 4 is 33.9 Å². The Morgan fingerprint density at radius 2 is 1.98 bits per heavy atom. The highest BCUT2D eigenvalue weighted by molar-refractivity contribution is 6.36. The predicted octanol–water partition coefficient (Wildman–Crippen LogP) is 4.95. The molecule has 7 heterocycles. The van der Waals surface area contributed by atoms with Gasteiger partial charge in [-0.2, -0.15) is 0 Å². The number of phenolic OH excluding ortho intramolecular Hbond substituents is 1. The highest BCUT2D eigenvalue weighted by Crippen LogP contribution is 2.46. The first-order valence-corrected chi connectivity index (χ1v) is 16.4. The van der Waals surface area contributed by atoms with Gasteiger partial charge in [0.2, 0.25) is 0 Å². The van der Waals surface area contributed by atoms with E-state index in [1.165, 1.54) is 57.2 Å². The molecule has 4 fully saturated rings. The maximum atomic E-state index is 10.7. The monoisotopic (exact) mass is 586 g/mol. The van der Waals surface area contributed by atoms with Gasteiger partial charge in [0, 0.05) is 54.1 Å². The van der Waals surface area contributed by atoms with Crippen LogP contribution < -0.4 is 15.1 Å². The number of aromatic hydroxyl groups is 1. The third-order valence-corrected chi connectivity index (χ3v) is 11.6. The number of aryl methyl sites for hydroxylation is 1. The molecule has 220 valence electrons. The smallest absolute Gasteiger partial charge is 0.139 e. The van der Waals surface area contributed by atoms with E-state index in [1.54, 1.807) is 6.07 Å². The number of anilines is 2. The summed E-state index contributed by atoms with van der Waals surface area (Å²) < 4.78 is 6.79. The quantitative estimate of drug-likeness (QED) is 0.445. The number of halogens is 1. The molecule has 42 heavy (non-hydrogen) atoms. The van der Waals surface area contributed by atoms with Crippen molar-refractivity contribution in [3.63, 3.8) is 0 Å². The third kappa shape index (κ3) is 3.98. The maximum Gasteiger partial charge on any atom is 0.139 e. The minimum atomic E-state index is -0.138. The number of nitrogens with zero attached hydrogens (tertiary/aromatic N) is 5. The topological polar surface area (TPSA) is 77.0 Å². The molecular weight excluding hydrogens is 548 g/mol. The Bertz CT molecular complexity index is 1560. The number of rotatable bonds is 4. The molecule has 4 saturated heterocycles. The molecule has 0 amide bonds. The fourth-order valence-corrected chi connectivity index (χ4v) is 9.59. The van der Waals surface area contributed by atoms with Gasteiger partial charge in [-0.05, 0) is 75.6 Å². The van der Waals surface area contributed by atoms with Crippen molar-refractivity contribution in [1.82, 2.24) is 20.2 Å². The average Bonchev–Trinajstić information content (AvgIpc) is 3.66. The van der Waals surface area contributed by atoms with Gasteiger partial charge in [-0.15, -0.1) is 0 Å². The van der Waals surface area contributed by atoms with Crippen molar-refractivity contribution in [1.29, 1.82) is 0 Å². The van der Waals surface area contributed by atoms with Crippen LogP contribution in [0, 0.1) is 0 Å². The minimum absolute atomic E-state index is 0.138. The molecule has 6 aliphatic heterocycles. The number of phenols is 1. The van der Waals surface area contributed by atoms with Crippen molar-refractivity contribution < 1.29 is 9.84 Å². The van der Waals surface area contributed by atoms with Crippen LogP contribution in [-0.2, 0) is 17.7 Å². The Hall–Kier alpha value is -2.65. The number of hydrogen-bond acceptors (Lipinski definition) is 8. The Morgan fingerprint density at radius 1 is 1.10 bits per heavy atom.